The number of pyridine rings is 1. The SMILES string of the molecule is Cc1nc(-c2ccc(-c3nc(-c4ccccc4)nc(-c4ccccc4)n3)cc2)cc2ccccc12. The van der Waals surface area contributed by atoms with Gasteiger partial charge in [-0.25, -0.2) is 15.0 Å². The van der Waals surface area contributed by atoms with E-state index in [4.69, 9.17) is 19.9 Å². The van der Waals surface area contributed by atoms with Crippen molar-refractivity contribution in [3.05, 3.63) is 121 Å². The average molecular weight is 451 g/mol. The van der Waals surface area contributed by atoms with Crippen molar-refractivity contribution in [3.8, 4) is 45.4 Å². The van der Waals surface area contributed by atoms with Crippen LogP contribution in [-0.4, -0.2) is 19.9 Å². The summed E-state index contributed by atoms with van der Waals surface area (Å²) in [6, 6.07) is 38.8. The molecule has 4 nitrogen and oxygen atoms in total. The zero-order valence-electron chi connectivity index (χ0n) is 19.3. The fourth-order valence-corrected chi connectivity index (χ4v) is 4.25. The molecule has 0 amide bonds. The highest BCUT2D eigenvalue weighted by Gasteiger charge is 2.12. The van der Waals surface area contributed by atoms with E-state index in [1.165, 1.54) is 10.8 Å². The Morgan fingerprint density at radius 2 is 0.886 bits per heavy atom. The van der Waals surface area contributed by atoms with E-state index in [9.17, 15) is 0 Å². The van der Waals surface area contributed by atoms with Crippen LogP contribution in [0.5, 0.6) is 0 Å². The second kappa shape index (κ2) is 8.92. The summed E-state index contributed by atoms with van der Waals surface area (Å²) in [5.74, 6) is 1.96. The van der Waals surface area contributed by atoms with Gasteiger partial charge in [-0.1, -0.05) is 109 Å². The molecule has 0 saturated carbocycles. The minimum atomic E-state index is 0.645. The molecule has 0 bridgehead atoms. The lowest BCUT2D eigenvalue weighted by molar-refractivity contribution is 1.07. The smallest absolute Gasteiger partial charge is 0.164 e. The summed E-state index contributed by atoms with van der Waals surface area (Å²) in [6.07, 6.45) is 0. The van der Waals surface area contributed by atoms with E-state index in [1.807, 2.05) is 66.7 Å². The summed E-state index contributed by atoms with van der Waals surface area (Å²) in [5, 5.41) is 2.37. The van der Waals surface area contributed by atoms with E-state index >= 15 is 0 Å². The van der Waals surface area contributed by atoms with Crippen molar-refractivity contribution in [3.63, 3.8) is 0 Å². The number of hydrogen-bond acceptors (Lipinski definition) is 4. The van der Waals surface area contributed by atoms with E-state index in [0.717, 1.165) is 33.6 Å². The fourth-order valence-electron chi connectivity index (χ4n) is 4.25. The molecule has 0 unspecified atom stereocenters. The summed E-state index contributed by atoms with van der Waals surface area (Å²) in [7, 11) is 0. The van der Waals surface area contributed by atoms with Crippen molar-refractivity contribution in [1.82, 2.24) is 19.9 Å². The maximum absolute atomic E-state index is 4.84. The van der Waals surface area contributed by atoms with E-state index in [-0.39, 0.29) is 0 Å². The molecule has 2 heterocycles. The Balaban J connectivity index is 1.43. The standard InChI is InChI=1S/C31H22N4/c1-21-27-15-9-8-14-26(27)20-28(32-21)22-16-18-25(19-17-22)31-34-29(23-10-4-2-5-11-23)33-30(35-31)24-12-6-3-7-13-24/h2-20H,1H3. The molecule has 0 N–H and O–H groups in total. The van der Waals surface area contributed by atoms with E-state index < -0.39 is 0 Å². The van der Waals surface area contributed by atoms with Gasteiger partial charge in [-0.05, 0) is 18.4 Å². The van der Waals surface area contributed by atoms with Gasteiger partial charge in [0, 0.05) is 33.3 Å². The quantitative estimate of drug-likeness (QED) is 0.281. The average Bonchev–Trinajstić information content (AvgIpc) is 2.94. The van der Waals surface area contributed by atoms with Crippen molar-refractivity contribution in [2.45, 2.75) is 6.92 Å². The molecule has 0 spiro atoms. The molecule has 2 aromatic heterocycles. The van der Waals surface area contributed by atoms with Crippen molar-refractivity contribution in [2.75, 3.05) is 0 Å². The third-order valence-corrected chi connectivity index (χ3v) is 6.07. The molecule has 166 valence electrons. The molecule has 4 aromatic carbocycles. The molecule has 0 atom stereocenters. The van der Waals surface area contributed by atoms with Gasteiger partial charge >= 0.3 is 0 Å². The highest BCUT2D eigenvalue weighted by Crippen LogP contribution is 2.28. The van der Waals surface area contributed by atoms with Gasteiger partial charge in [-0.3, -0.25) is 4.98 Å². The second-order valence-corrected chi connectivity index (χ2v) is 8.43. The minimum Gasteiger partial charge on any atom is -0.252 e. The van der Waals surface area contributed by atoms with Gasteiger partial charge in [0.15, 0.2) is 17.5 Å². The number of fused-ring (bicyclic) bond motifs is 1. The monoisotopic (exact) mass is 450 g/mol. The predicted octanol–water partition coefficient (Wildman–Crippen LogP) is 7.40. The van der Waals surface area contributed by atoms with Crippen LogP contribution >= 0.6 is 0 Å². The van der Waals surface area contributed by atoms with Crippen LogP contribution in [-0.2, 0) is 0 Å². The fraction of sp³-hybridized carbons (Fsp3) is 0.0323. The van der Waals surface area contributed by atoms with Crippen LogP contribution in [0.1, 0.15) is 5.69 Å². The number of hydrogen-bond donors (Lipinski definition) is 0. The molecule has 35 heavy (non-hydrogen) atoms. The number of nitrogens with zero attached hydrogens (tertiary/aromatic N) is 4. The molecule has 0 aliphatic rings. The molecule has 0 aliphatic carbocycles. The lowest BCUT2D eigenvalue weighted by atomic mass is 10.0. The van der Waals surface area contributed by atoms with Crippen LogP contribution in [0.15, 0.2) is 115 Å². The summed E-state index contributed by atoms with van der Waals surface area (Å²) >= 11 is 0. The van der Waals surface area contributed by atoms with Crippen molar-refractivity contribution in [1.29, 1.82) is 0 Å². The third-order valence-electron chi connectivity index (χ3n) is 6.07. The lowest BCUT2D eigenvalue weighted by Gasteiger charge is -2.10. The van der Waals surface area contributed by atoms with Gasteiger partial charge in [-0.15, -0.1) is 0 Å². The Kier molecular flexibility index (Phi) is 5.32. The molecule has 6 rings (SSSR count). The maximum atomic E-state index is 4.84. The number of aromatic nitrogens is 4. The van der Waals surface area contributed by atoms with Gasteiger partial charge in [-0.2, -0.15) is 0 Å². The molecule has 0 saturated heterocycles. The normalized spacial score (nSPS) is 11.0. The van der Waals surface area contributed by atoms with Crippen LogP contribution in [0, 0.1) is 6.92 Å². The van der Waals surface area contributed by atoms with Crippen molar-refractivity contribution in [2.24, 2.45) is 0 Å². The summed E-state index contributed by atoms with van der Waals surface area (Å²) in [5.41, 5.74) is 5.89. The van der Waals surface area contributed by atoms with Crippen LogP contribution in [0.2, 0.25) is 0 Å². The second-order valence-electron chi connectivity index (χ2n) is 8.43. The molecule has 0 fully saturated rings. The highest BCUT2D eigenvalue weighted by atomic mass is 15.0. The maximum Gasteiger partial charge on any atom is 0.164 e. The number of rotatable bonds is 4. The topological polar surface area (TPSA) is 51.6 Å². The third kappa shape index (κ3) is 4.18. The summed E-state index contributed by atoms with van der Waals surface area (Å²) < 4.78 is 0. The highest BCUT2D eigenvalue weighted by molar-refractivity contribution is 5.87. The molecular formula is C31H22N4. The molecule has 0 radical (unpaired) electrons. The van der Waals surface area contributed by atoms with Gasteiger partial charge in [0.1, 0.15) is 0 Å². The summed E-state index contributed by atoms with van der Waals surface area (Å²) in [6.45, 7) is 2.06. The van der Waals surface area contributed by atoms with Crippen LogP contribution in [0.25, 0.3) is 56.2 Å². The number of benzene rings is 4. The Morgan fingerprint density at radius 1 is 0.429 bits per heavy atom. The predicted molar refractivity (Wildman–Crippen MR) is 142 cm³/mol. The largest absolute Gasteiger partial charge is 0.252 e. The molecule has 4 heteroatoms. The lowest BCUT2D eigenvalue weighted by Crippen LogP contribution is -2.00. The first-order chi connectivity index (χ1) is 17.2. The molecule has 0 aliphatic heterocycles. The van der Waals surface area contributed by atoms with E-state index in [0.29, 0.717) is 17.5 Å². The zero-order valence-corrected chi connectivity index (χ0v) is 19.3. The van der Waals surface area contributed by atoms with Crippen LogP contribution in [0.4, 0.5) is 0 Å². The first kappa shape index (κ1) is 20.9. The molecular weight excluding hydrogens is 428 g/mol. The minimum absolute atomic E-state index is 0.645. The summed E-state index contributed by atoms with van der Waals surface area (Å²) in [4.78, 5) is 19.2. The van der Waals surface area contributed by atoms with Gasteiger partial charge in [0.05, 0.1) is 5.69 Å². The first-order valence-electron chi connectivity index (χ1n) is 11.6. The zero-order chi connectivity index (χ0) is 23.6. The van der Waals surface area contributed by atoms with E-state index in [2.05, 4.69) is 55.5 Å². The Hall–Kier alpha value is -4.70. The van der Waals surface area contributed by atoms with Gasteiger partial charge < -0.3 is 0 Å². The van der Waals surface area contributed by atoms with Crippen molar-refractivity contribution >= 4 is 10.8 Å². The molecule has 6 aromatic rings. The van der Waals surface area contributed by atoms with Crippen molar-refractivity contribution < 1.29 is 0 Å². The Labute approximate surface area is 204 Å². The van der Waals surface area contributed by atoms with Gasteiger partial charge in [0.2, 0.25) is 0 Å². The van der Waals surface area contributed by atoms with Crippen LogP contribution < -0.4 is 0 Å². The van der Waals surface area contributed by atoms with Gasteiger partial charge in [0.25, 0.3) is 0 Å². The first-order valence-corrected chi connectivity index (χ1v) is 11.6. The number of aryl methyl sites for hydroxylation is 1. The van der Waals surface area contributed by atoms with Crippen LogP contribution in [0.3, 0.4) is 0 Å². The Bertz CT molecular complexity index is 1570. The Morgan fingerprint density at radius 3 is 1.46 bits per heavy atom. The van der Waals surface area contributed by atoms with E-state index in [1.54, 1.807) is 0 Å².